The first-order valence-corrected chi connectivity index (χ1v) is 9.63. The van der Waals surface area contributed by atoms with E-state index in [1.165, 1.54) is 12.1 Å². The fourth-order valence-electron chi connectivity index (χ4n) is 3.54. The number of benzene rings is 3. The van der Waals surface area contributed by atoms with Gasteiger partial charge >= 0.3 is 0 Å². The van der Waals surface area contributed by atoms with Crippen LogP contribution >= 0.6 is 11.6 Å². The van der Waals surface area contributed by atoms with Crippen LogP contribution in [0.5, 0.6) is 11.5 Å². The molecule has 0 spiro atoms. The summed E-state index contributed by atoms with van der Waals surface area (Å²) in [6.07, 6.45) is 1.79. The third-order valence-corrected chi connectivity index (χ3v) is 5.25. The fraction of sp³-hybridized carbons (Fsp3) is 0.130. The van der Waals surface area contributed by atoms with Crippen LogP contribution in [0.3, 0.4) is 0 Å². The van der Waals surface area contributed by atoms with Gasteiger partial charge in [-0.3, -0.25) is 0 Å². The van der Waals surface area contributed by atoms with Crippen molar-refractivity contribution in [2.24, 2.45) is 0 Å². The molecule has 2 atom stereocenters. The van der Waals surface area contributed by atoms with E-state index in [0.29, 0.717) is 10.6 Å². The lowest BCUT2D eigenvalue weighted by Gasteiger charge is -2.30. The molecular weight excluding hydrogens is 391 g/mol. The number of nitrogens with one attached hydrogen (secondary N) is 1. The summed E-state index contributed by atoms with van der Waals surface area (Å²) in [5.74, 6) is 0.642. The molecule has 2 unspecified atom stereocenters. The van der Waals surface area contributed by atoms with Gasteiger partial charge in [0.05, 0.1) is 12.7 Å². The maximum atomic E-state index is 13.8. The molecule has 29 heavy (non-hydrogen) atoms. The number of aromatic hydroxyl groups is 1. The van der Waals surface area contributed by atoms with E-state index in [-0.39, 0.29) is 23.8 Å². The van der Waals surface area contributed by atoms with E-state index in [1.54, 1.807) is 31.4 Å². The lowest BCUT2D eigenvalue weighted by Crippen LogP contribution is -2.89. The molecule has 3 aromatic rings. The highest BCUT2D eigenvalue weighted by Crippen LogP contribution is 2.31. The number of methoxy groups -OCH3 is 1. The molecule has 0 saturated carbocycles. The Morgan fingerprint density at radius 1 is 1.07 bits per heavy atom. The van der Waals surface area contributed by atoms with Crippen molar-refractivity contribution in [1.82, 2.24) is 5.32 Å². The van der Waals surface area contributed by atoms with Crippen LogP contribution in [-0.2, 0) is 0 Å². The minimum absolute atomic E-state index is 0.167. The Kier molecular flexibility index (Phi) is 5.43. The first-order chi connectivity index (χ1) is 14.0. The van der Waals surface area contributed by atoms with Crippen molar-refractivity contribution in [2.45, 2.75) is 12.2 Å². The first-order valence-electron chi connectivity index (χ1n) is 9.25. The van der Waals surface area contributed by atoms with E-state index in [9.17, 15) is 9.50 Å². The smallest absolute Gasteiger partial charge is 0.186 e. The molecule has 0 amide bonds. The third kappa shape index (κ3) is 4.21. The molecule has 3 aromatic carbocycles. The Morgan fingerprint density at radius 2 is 1.86 bits per heavy atom. The number of rotatable bonds is 4. The highest BCUT2D eigenvalue weighted by atomic mass is 35.5. The summed E-state index contributed by atoms with van der Waals surface area (Å²) in [5.41, 5.74) is 3.35. The standard InChI is InChI=1S/C23H20ClFN2O2/c1-29-18-8-5-14(6-9-18)20-13-21(19-12-16(24)7-10-22(19)28)27-23(26-20)15-3-2-4-17(25)11-15/h2-13,21,23,26-28H,1H3/p+1. The summed E-state index contributed by atoms with van der Waals surface area (Å²) in [7, 11) is 1.63. The van der Waals surface area contributed by atoms with Crippen molar-refractivity contribution < 1.29 is 19.6 Å². The van der Waals surface area contributed by atoms with Crippen LogP contribution in [0.1, 0.15) is 28.9 Å². The molecule has 148 valence electrons. The molecule has 0 saturated heterocycles. The van der Waals surface area contributed by atoms with E-state index in [2.05, 4.69) is 5.32 Å². The lowest BCUT2D eigenvalue weighted by atomic mass is 9.98. The number of quaternary nitrogens is 1. The van der Waals surface area contributed by atoms with E-state index < -0.39 is 0 Å². The number of phenolic OH excluding ortho intramolecular Hbond substituents is 1. The van der Waals surface area contributed by atoms with E-state index >= 15 is 0 Å². The van der Waals surface area contributed by atoms with Crippen molar-refractivity contribution in [1.29, 1.82) is 0 Å². The van der Waals surface area contributed by atoms with Crippen molar-refractivity contribution in [2.75, 3.05) is 7.11 Å². The summed E-state index contributed by atoms with van der Waals surface area (Å²) in [6, 6.07) is 19.0. The summed E-state index contributed by atoms with van der Waals surface area (Å²) in [5, 5.41) is 16.5. The van der Waals surface area contributed by atoms with Gasteiger partial charge in [0.2, 0.25) is 0 Å². The van der Waals surface area contributed by atoms with E-state index in [4.69, 9.17) is 16.3 Å². The highest BCUT2D eigenvalue weighted by Gasteiger charge is 2.29. The maximum Gasteiger partial charge on any atom is 0.186 e. The van der Waals surface area contributed by atoms with Gasteiger partial charge in [-0.05, 0) is 60.2 Å². The highest BCUT2D eigenvalue weighted by molar-refractivity contribution is 6.30. The first kappa shape index (κ1) is 19.3. The Balaban J connectivity index is 1.76. The predicted octanol–water partition coefficient (Wildman–Crippen LogP) is 4.14. The molecule has 1 aliphatic rings. The quantitative estimate of drug-likeness (QED) is 0.604. The predicted molar refractivity (Wildman–Crippen MR) is 111 cm³/mol. The van der Waals surface area contributed by atoms with Crippen molar-refractivity contribution in [3.05, 3.63) is 100 Å². The minimum atomic E-state index is -0.291. The number of ether oxygens (including phenoxy) is 1. The Morgan fingerprint density at radius 3 is 2.59 bits per heavy atom. The van der Waals surface area contributed by atoms with Crippen molar-refractivity contribution >= 4 is 17.3 Å². The second-order valence-electron chi connectivity index (χ2n) is 6.91. The van der Waals surface area contributed by atoms with Gasteiger partial charge in [0, 0.05) is 22.4 Å². The molecule has 0 bridgehead atoms. The molecule has 4 rings (SSSR count). The number of phenols is 1. The molecule has 1 heterocycles. The van der Waals surface area contributed by atoms with Gasteiger partial charge in [0.1, 0.15) is 23.4 Å². The van der Waals surface area contributed by atoms with Crippen molar-refractivity contribution in [3.63, 3.8) is 0 Å². The molecule has 4 N–H and O–H groups in total. The SMILES string of the molecule is COc1ccc(C2=CC(c3cc(Cl)ccc3O)[NH2+]C(c3cccc(F)c3)N2)cc1. The van der Waals surface area contributed by atoms with Gasteiger partial charge in [0.15, 0.2) is 6.17 Å². The van der Waals surface area contributed by atoms with Crippen LogP contribution in [0.25, 0.3) is 5.70 Å². The summed E-state index contributed by atoms with van der Waals surface area (Å²) >= 11 is 6.17. The molecule has 0 fully saturated rings. The van der Waals surface area contributed by atoms with E-state index in [0.717, 1.165) is 22.6 Å². The lowest BCUT2D eigenvalue weighted by molar-refractivity contribution is -0.731. The zero-order chi connectivity index (χ0) is 20.4. The Labute approximate surface area is 173 Å². The fourth-order valence-corrected chi connectivity index (χ4v) is 3.72. The molecular formula is C23H21ClFN2O2+. The normalized spacial score (nSPS) is 18.7. The second-order valence-corrected chi connectivity index (χ2v) is 7.34. The zero-order valence-electron chi connectivity index (χ0n) is 15.8. The van der Waals surface area contributed by atoms with Gasteiger partial charge < -0.3 is 20.5 Å². The van der Waals surface area contributed by atoms with Gasteiger partial charge in [0.25, 0.3) is 0 Å². The zero-order valence-corrected chi connectivity index (χ0v) is 16.5. The van der Waals surface area contributed by atoms with Crippen LogP contribution in [0.4, 0.5) is 4.39 Å². The molecule has 6 heteroatoms. The van der Waals surface area contributed by atoms with Gasteiger partial charge in [-0.2, -0.15) is 0 Å². The minimum Gasteiger partial charge on any atom is -0.507 e. The van der Waals surface area contributed by atoms with Crippen LogP contribution in [0, 0.1) is 5.82 Å². The molecule has 0 radical (unpaired) electrons. The molecule has 1 aliphatic heterocycles. The number of halogens is 2. The van der Waals surface area contributed by atoms with Crippen LogP contribution in [0.15, 0.2) is 72.8 Å². The summed E-state index contributed by atoms with van der Waals surface area (Å²) in [4.78, 5) is 0. The largest absolute Gasteiger partial charge is 0.507 e. The molecule has 4 nitrogen and oxygen atoms in total. The number of hydrogen-bond donors (Lipinski definition) is 3. The second kappa shape index (κ2) is 8.15. The van der Waals surface area contributed by atoms with E-state index in [1.807, 2.05) is 41.7 Å². The average molecular weight is 412 g/mol. The Bertz CT molecular complexity index is 1050. The number of hydrogen-bond acceptors (Lipinski definition) is 3. The molecule has 0 aromatic heterocycles. The van der Waals surface area contributed by atoms with Gasteiger partial charge in [-0.15, -0.1) is 0 Å². The van der Waals surface area contributed by atoms with Crippen LogP contribution < -0.4 is 15.4 Å². The van der Waals surface area contributed by atoms with Gasteiger partial charge in [-0.25, -0.2) is 4.39 Å². The van der Waals surface area contributed by atoms with Crippen LogP contribution in [-0.4, -0.2) is 12.2 Å². The molecule has 0 aliphatic carbocycles. The average Bonchev–Trinajstić information content (AvgIpc) is 2.75. The van der Waals surface area contributed by atoms with Crippen molar-refractivity contribution in [3.8, 4) is 11.5 Å². The third-order valence-electron chi connectivity index (χ3n) is 5.01. The summed E-state index contributed by atoms with van der Waals surface area (Å²) < 4.78 is 19.1. The maximum absolute atomic E-state index is 13.8. The number of nitrogens with two attached hydrogens (primary N) is 1. The summed E-state index contributed by atoms with van der Waals surface area (Å²) in [6.45, 7) is 0. The Hall–Kier alpha value is -3.02. The monoisotopic (exact) mass is 411 g/mol. The topological polar surface area (TPSA) is 58.1 Å². The van der Waals surface area contributed by atoms with Crippen LogP contribution in [0.2, 0.25) is 5.02 Å². The van der Waals surface area contributed by atoms with Gasteiger partial charge in [-0.1, -0.05) is 23.7 Å².